The van der Waals surface area contributed by atoms with Gasteiger partial charge in [-0.25, -0.2) is 12.7 Å². The van der Waals surface area contributed by atoms with Crippen LogP contribution in [-0.4, -0.2) is 37.5 Å². The second-order valence-electron chi connectivity index (χ2n) is 2.28. The number of sulfonamides is 1. The van der Waals surface area contributed by atoms with Crippen molar-refractivity contribution in [3.63, 3.8) is 0 Å². The van der Waals surface area contributed by atoms with Gasteiger partial charge in [-0.2, -0.15) is 0 Å². The Morgan fingerprint density at radius 3 is 2.25 bits per heavy atom. The number of hydrogen-bond acceptors (Lipinski definition) is 4. The molecular weight excluding hydrogens is 180 g/mol. The zero-order valence-corrected chi connectivity index (χ0v) is 8.10. The van der Waals surface area contributed by atoms with Crippen molar-refractivity contribution < 1.29 is 13.2 Å². The van der Waals surface area contributed by atoms with Gasteiger partial charge in [0.1, 0.15) is 0 Å². The van der Waals surface area contributed by atoms with Crippen LogP contribution in [0.2, 0.25) is 0 Å². The summed E-state index contributed by atoms with van der Waals surface area (Å²) in [5, 5.41) is 0. The quantitative estimate of drug-likeness (QED) is 0.631. The molecule has 12 heavy (non-hydrogen) atoms. The highest BCUT2D eigenvalue weighted by atomic mass is 32.2. The summed E-state index contributed by atoms with van der Waals surface area (Å²) < 4.78 is 23.2. The molecule has 0 fully saturated rings. The van der Waals surface area contributed by atoms with Gasteiger partial charge in [-0.15, -0.1) is 0 Å². The van der Waals surface area contributed by atoms with Gasteiger partial charge < -0.3 is 5.73 Å². The predicted octanol–water partition coefficient (Wildman–Crippen LogP) is -0.857. The topological polar surface area (TPSA) is 80.5 Å². The number of nitrogens with two attached hydrogens (primary N) is 1. The van der Waals surface area contributed by atoms with Gasteiger partial charge in [-0.1, -0.05) is 0 Å². The first kappa shape index (κ1) is 11.4. The minimum absolute atomic E-state index is 0.0610. The van der Waals surface area contributed by atoms with E-state index in [1.807, 2.05) is 0 Å². The zero-order chi connectivity index (χ0) is 9.78. The van der Waals surface area contributed by atoms with Crippen LogP contribution >= 0.6 is 0 Å². The molecule has 0 unspecified atom stereocenters. The molecule has 0 aliphatic rings. The monoisotopic (exact) mass is 194 g/mol. The molecule has 0 saturated heterocycles. The molecule has 72 valence electrons. The summed E-state index contributed by atoms with van der Waals surface area (Å²) in [6, 6.07) is 0. The number of nitrogens with zero attached hydrogens (tertiary/aromatic N) is 1. The van der Waals surface area contributed by atoms with Crippen molar-refractivity contribution >= 4 is 15.9 Å². The molecule has 0 aliphatic heterocycles. The average molecular weight is 194 g/mol. The molecule has 0 radical (unpaired) electrons. The van der Waals surface area contributed by atoms with Gasteiger partial charge in [0.2, 0.25) is 15.9 Å². The Morgan fingerprint density at radius 1 is 1.50 bits per heavy atom. The molecule has 0 aromatic heterocycles. The summed E-state index contributed by atoms with van der Waals surface area (Å²) in [6.45, 7) is 2.91. The maximum atomic E-state index is 11.2. The Bertz CT molecular complexity index is 248. The molecule has 0 aromatic carbocycles. The number of rotatable bonds is 4. The van der Waals surface area contributed by atoms with Gasteiger partial charge in [0, 0.05) is 20.0 Å². The largest absolute Gasteiger partial charge is 0.329 e. The maximum absolute atomic E-state index is 11.2. The van der Waals surface area contributed by atoms with Crippen LogP contribution in [0, 0.1) is 0 Å². The average Bonchev–Trinajstić information content (AvgIpc) is 1.99. The van der Waals surface area contributed by atoms with E-state index in [9.17, 15) is 13.2 Å². The van der Waals surface area contributed by atoms with Crippen LogP contribution in [0.3, 0.4) is 0 Å². The molecule has 6 heteroatoms. The second kappa shape index (κ2) is 4.42. The molecule has 2 N–H and O–H groups in total. The summed E-state index contributed by atoms with van der Waals surface area (Å²) >= 11 is 0. The van der Waals surface area contributed by atoms with Crippen molar-refractivity contribution in [2.45, 2.75) is 13.8 Å². The van der Waals surface area contributed by atoms with E-state index in [1.54, 1.807) is 0 Å². The summed E-state index contributed by atoms with van der Waals surface area (Å²) in [6.07, 6.45) is 0. The second-order valence-corrected chi connectivity index (χ2v) is 4.46. The number of amides is 1. The zero-order valence-electron chi connectivity index (χ0n) is 7.28. The minimum Gasteiger partial charge on any atom is -0.329 e. The van der Waals surface area contributed by atoms with Crippen molar-refractivity contribution in [3.8, 4) is 0 Å². The standard InChI is InChI=1S/C6H14N2O3S/c1-3-12(10,11)8(5-4-7)6(2)9/h3-5,7H2,1-2H3. The Kier molecular flexibility index (Phi) is 4.19. The molecule has 0 spiro atoms. The highest BCUT2D eigenvalue weighted by Gasteiger charge is 2.21. The first-order valence-corrected chi connectivity index (χ1v) is 5.27. The molecule has 0 saturated carbocycles. The predicted molar refractivity (Wildman–Crippen MR) is 45.9 cm³/mol. The minimum atomic E-state index is -3.42. The van der Waals surface area contributed by atoms with Gasteiger partial charge in [0.25, 0.3) is 0 Å². The van der Waals surface area contributed by atoms with Crippen molar-refractivity contribution in [1.82, 2.24) is 4.31 Å². The smallest absolute Gasteiger partial charge is 0.237 e. The third-order valence-electron chi connectivity index (χ3n) is 1.38. The molecule has 0 bridgehead atoms. The summed E-state index contributed by atoms with van der Waals surface area (Å²) in [4.78, 5) is 10.8. The van der Waals surface area contributed by atoms with Crippen LogP contribution in [0.4, 0.5) is 0 Å². The lowest BCUT2D eigenvalue weighted by Gasteiger charge is -2.18. The highest BCUT2D eigenvalue weighted by molar-refractivity contribution is 7.89. The lowest BCUT2D eigenvalue weighted by molar-refractivity contribution is -0.124. The van der Waals surface area contributed by atoms with E-state index in [0.717, 1.165) is 4.31 Å². The number of carbonyl (C=O) groups is 1. The molecule has 0 rings (SSSR count). The molecule has 0 heterocycles. The molecule has 0 aromatic rings. The fraction of sp³-hybridized carbons (Fsp3) is 0.833. The van der Waals surface area contributed by atoms with Crippen molar-refractivity contribution in [2.24, 2.45) is 5.73 Å². The Labute approximate surface area is 72.6 Å². The fourth-order valence-corrected chi connectivity index (χ4v) is 1.85. The summed E-state index contributed by atoms with van der Waals surface area (Å²) in [7, 11) is -3.42. The SMILES string of the molecule is CCS(=O)(=O)N(CCN)C(C)=O. The van der Waals surface area contributed by atoms with Gasteiger partial charge >= 0.3 is 0 Å². The maximum Gasteiger partial charge on any atom is 0.237 e. The van der Waals surface area contributed by atoms with Crippen LogP contribution in [0.25, 0.3) is 0 Å². The van der Waals surface area contributed by atoms with Crippen LogP contribution in [-0.2, 0) is 14.8 Å². The van der Waals surface area contributed by atoms with Crippen LogP contribution in [0.15, 0.2) is 0 Å². The fourth-order valence-electron chi connectivity index (χ4n) is 0.765. The van der Waals surface area contributed by atoms with Gasteiger partial charge in [0.15, 0.2) is 0 Å². The van der Waals surface area contributed by atoms with E-state index in [1.165, 1.54) is 13.8 Å². The van der Waals surface area contributed by atoms with Crippen molar-refractivity contribution in [1.29, 1.82) is 0 Å². The first-order chi connectivity index (χ1) is 5.45. The van der Waals surface area contributed by atoms with E-state index < -0.39 is 15.9 Å². The van der Waals surface area contributed by atoms with Gasteiger partial charge in [0.05, 0.1) is 5.75 Å². The van der Waals surface area contributed by atoms with E-state index in [2.05, 4.69) is 0 Å². The lowest BCUT2D eigenvalue weighted by Crippen LogP contribution is -2.39. The normalized spacial score (nSPS) is 11.2. The Balaban J connectivity index is 4.63. The van der Waals surface area contributed by atoms with E-state index in [-0.39, 0.29) is 18.8 Å². The van der Waals surface area contributed by atoms with Crippen LogP contribution in [0.1, 0.15) is 13.8 Å². The van der Waals surface area contributed by atoms with Crippen LogP contribution < -0.4 is 5.73 Å². The third kappa shape index (κ3) is 2.78. The Hall–Kier alpha value is -0.620. The van der Waals surface area contributed by atoms with Crippen LogP contribution in [0.5, 0.6) is 0 Å². The molecule has 0 aliphatic carbocycles. The number of hydrogen-bond donors (Lipinski definition) is 1. The molecule has 0 atom stereocenters. The van der Waals surface area contributed by atoms with E-state index in [4.69, 9.17) is 5.73 Å². The number of carbonyl (C=O) groups excluding carboxylic acids is 1. The first-order valence-electron chi connectivity index (χ1n) is 3.66. The van der Waals surface area contributed by atoms with Gasteiger partial charge in [-0.05, 0) is 6.92 Å². The molecule has 5 nitrogen and oxygen atoms in total. The lowest BCUT2D eigenvalue weighted by atomic mass is 10.6. The summed E-state index contributed by atoms with van der Waals surface area (Å²) in [5.74, 6) is -0.561. The van der Waals surface area contributed by atoms with E-state index >= 15 is 0 Å². The van der Waals surface area contributed by atoms with Crippen molar-refractivity contribution in [2.75, 3.05) is 18.8 Å². The van der Waals surface area contributed by atoms with Gasteiger partial charge in [-0.3, -0.25) is 4.79 Å². The molecule has 1 amide bonds. The Morgan fingerprint density at radius 2 is 2.00 bits per heavy atom. The molecular formula is C6H14N2O3S. The summed E-state index contributed by atoms with van der Waals surface area (Å²) in [5.41, 5.74) is 5.16. The third-order valence-corrected chi connectivity index (χ3v) is 3.22. The van der Waals surface area contributed by atoms with Crippen molar-refractivity contribution in [3.05, 3.63) is 0 Å². The van der Waals surface area contributed by atoms with E-state index in [0.29, 0.717) is 0 Å². The highest BCUT2D eigenvalue weighted by Crippen LogP contribution is 2.00.